The maximum absolute atomic E-state index is 12.9. The van der Waals surface area contributed by atoms with E-state index in [4.69, 9.17) is 9.47 Å². The van der Waals surface area contributed by atoms with E-state index in [9.17, 15) is 36.0 Å². The van der Waals surface area contributed by atoms with Gasteiger partial charge in [-0.3, -0.25) is 19.2 Å². The van der Waals surface area contributed by atoms with Crippen molar-refractivity contribution in [2.24, 2.45) is 0 Å². The van der Waals surface area contributed by atoms with Crippen LogP contribution in [0.1, 0.15) is 91.3 Å². The van der Waals surface area contributed by atoms with Gasteiger partial charge in [0.2, 0.25) is 0 Å². The predicted molar refractivity (Wildman–Crippen MR) is 204 cm³/mol. The SMILES string of the molecule is Cc1cc2n(c1)S(=O)(=O)c1ccc(C(=O)NCC[C@@H]3CCCO3)cc1NC2=O.Cc1cc2n(c1)S(=O)(=O)c1ccc(C(=O)NCC[C@H]3CCCO3)cc1NC2=O. The van der Waals surface area contributed by atoms with Crippen LogP contribution in [0, 0.1) is 13.8 Å². The Kier molecular flexibility index (Phi) is 10.9. The number of rotatable bonds is 8. The van der Waals surface area contributed by atoms with Gasteiger partial charge in [-0.15, -0.1) is 0 Å². The van der Waals surface area contributed by atoms with Crippen LogP contribution in [-0.2, 0) is 29.5 Å². The maximum atomic E-state index is 12.9. The van der Waals surface area contributed by atoms with Crippen molar-refractivity contribution in [3.05, 3.63) is 94.6 Å². The number of nitrogens with zero attached hydrogens (tertiary/aromatic N) is 2. The fourth-order valence-electron chi connectivity index (χ4n) is 7.08. The number of aryl methyl sites for hydroxylation is 2. The van der Waals surface area contributed by atoms with Gasteiger partial charge in [0.25, 0.3) is 43.7 Å². The highest BCUT2D eigenvalue weighted by Crippen LogP contribution is 2.32. The number of hydrogen-bond donors (Lipinski definition) is 4. The first-order chi connectivity index (χ1) is 26.7. The fraction of sp³-hybridized carbons (Fsp3) is 0.368. The van der Waals surface area contributed by atoms with Gasteiger partial charge >= 0.3 is 0 Å². The van der Waals surface area contributed by atoms with E-state index in [-0.39, 0.29) is 67.7 Å². The van der Waals surface area contributed by atoms with Crippen molar-refractivity contribution >= 4 is 55.1 Å². The molecule has 4 N–H and O–H groups in total. The first-order valence-corrected chi connectivity index (χ1v) is 21.2. The third-order valence-corrected chi connectivity index (χ3v) is 13.4. The topological polar surface area (TPSA) is 213 Å². The van der Waals surface area contributed by atoms with Crippen LogP contribution in [0.5, 0.6) is 0 Å². The van der Waals surface area contributed by atoms with Crippen molar-refractivity contribution in [3.8, 4) is 0 Å². The largest absolute Gasteiger partial charge is 0.378 e. The predicted octanol–water partition coefficient (Wildman–Crippen LogP) is 3.80. The number of ether oxygens (including phenoxy) is 2. The fourth-order valence-corrected chi connectivity index (χ4v) is 10.2. The minimum Gasteiger partial charge on any atom is -0.378 e. The number of amides is 4. The number of carbonyl (C=O) groups excluding carboxylic acids is 4. The van der Waals surface area contributed by atoms with Crippen molar-refractivity contribution in [3.63, 3.8) is 0 Å². The molecule has 2 fully saturated rings. The van der Waals surface area contributed by atoms with E-state index < -0.39 is 31.9 Å². The third kappa shape index (κ3) is 7.86. The molecule has 6 heterocycles. The molecule has 4 aliphatic rings. The molecule has 4 aromatic rings. The molecular weight excluding hydrogens is 765 g/mol. The Hall–Kier alpha value is -5.30. The monoisotopic (exact) mass is 806 g/mol. The molecule has 0 bridgehead atoms. The molecule has 8 rings (SSSR count). The molecule has 2 atom stereocenters. The average Bonchev–Trinajstić information content (AvgIpc) is 3.99. The molecule has 18 heteroatoms. The van der Waals surface area contributed by atoms with Crippen LogP contribution in [-0.4, -0.2) is 86.9 Å². The van der Waals surface area contributed by atoms with Gasteiger partial charge in [0, 0.05) is 49.8 Å². The van der Waals surface area contributed by atoms with Gasteiger partial charge in [0.1, 0.15) is 21.2 Å². The van der Waals surface area contributed by atoms with Crippen LogP contribution in [0.25, 0.3) is 0 Å². The summed E-state index contributed by atoms with van der Waals surface area (Å²) in [7, 11) is -7.87. The van der Waals surface area contributed by atoms with Gasteiger partial charge in [-0.25, -0.2) is 24.8 Å². The van der Waals surface area contributed by atoms with Crippen molar-refractivity contribution < 1.29 is 45.5 Å². The van der Waals surface area contributed by atoms with Crippen LogP contribution in [0.2, 0.25) is 0 Å². The summed E-state index contributed by atoms with van der Waals surface area (Å²) in [5.41, 5.74) is 2.16. The molecule has 296 valence electrons. The van der Waals surface area contributed by atoms with Crippen molar-refractivity contribution in [2.45, 2.75) is 74.4 Å². The molecule has 4 amide bonds. The van der Waals surface area contributed by atoms with E-state index in [0.717, 1.165) is 59.7 Å². The summed E-state index contributed by atoms with van der Waals surface area (Å²) < 4.78 is 64.7. The summed E-state index contributed by atoms with van der Waals surface area (Å²) in [6, 6.07) is 11.4. The zero-order valence-corrected chi connectivity index (χ0v) is 32.4. The molecule has 56 heavy (non-hydrogen) atoms. The van der Waals surface area contributed by atoms with E-state index in [2.05, 4.69) is 21.3 Å². The van der Waals surface area contributed by atoms with E-state index in [0.29, 0.717) is 24.2 Å². The first-order valence-electron chi connectivity index (χ1n) is 18.3. The van der Waals surface area contributed by atoms with Gasteiger partial charge in [-0.2, -0.15) is 0 Å². The number of nitrogens with one attached hydrogen (secondary N) is 4. The van der Waals surface area contributed by atoms with Crippen LogP contribution in [0.3, 0.4) is 0 Å². The van der Waals surface area contributed by atoms with E-state index >= 15 is 0 Å². The van der Waals surface area contributed by atoms with Crippen molar-refractivity contribution in [1.29, 1.82) is 0 Å². The summed E-state index contributed by atoms with van der Waals surface area (Å²) in [6.07, 6.45) is 8.71. The first kappa shape index (κ1) is 39.0. The molecule has 0 radical (unpaired) electrons. The summed E-state index contributed by atoms with van der Waals surface area (Å²) in [5.74, 6) is -1.72. The summed E-state index contributed by atoms with van der Waals surface area (Å²) in [4.78, 5) is 49.7. The molecular formula is C38H42N6O10S2. The lowest BCUT2D eigenvalue weighted by Gasteiger charge is -2.12. The molecule has 0 aliphatic carbocycles. The maximum Gasteiger partial charge on any atom is 0.273 e. The molecule has 0 unspecified atom stereocenters. The van der Waals surface area contributed by atoms with E-state index in [1.54, 1.807) is 13.8 Å². The van der Waals surface area contributed by atoms with Crippen LogP contribution in [0.4, 0.5) is 11.4 Å². The number of fused-ring (bicyclic) bond motifs is 4. The van der Waals surface area contributed by atoms with E-state index in [1.165, 1.54) is 60.9 Å². The smallest absolute Gasteiger partial charge is 0.273 e. The van der Waals surface area contributed by atoms with Crippen LogP contribution in [0.15, 0.2) is 70.7 Å². The Bertz CT molecular complexity index is 2270. The molecule has 0 spiro atoms. The van der Waals surface area contributed by atoms with Crippen LogP contribution < -0.4 is 21.3 Å². The standard InChI is InChI=1S/2C19H21N3O5S/c2*1-12-9-16-19(24)21-15-10-13(4-5-17(15)28(25,26)22(16)11-12)18(23)20-7-6-14-3-2-8-27-14/h2*4-5,9-11,14H,2-3,6-8H2,1H3,(H,20,23)(H,21,24)/t2*14-/m10/s1. The number of hydrogen-bond acceptors (Lipinski definition) is 10. The van der Waals surface area contributed by atoms with Crippen molar-refractivity contribution in [1.82, 2.24) is 18.6 Å². The minimum atomic E-state index is -3.94. The molecule has 2 aromatic heterocycles. The Morgan fingerprint density at radius 2 is 1.09 bits per heavy atom. The minimum absolute atomic E-state index is 0.0382. The molecule has 2 saturated heterocycles. The summed E-state index contributed by atoms with van der Waals surface area (Å²) >= 11 is 0. The molecule has 2 aromatic carbocycles. The Morgan fingerprint density at radius 3 is 1.46 bits per heavy atom. The second kappa shape index (κ2) is 15.7. The lowest BCUT2D eigenvalue weighted by molar-refractivity contribution is 0.0897. The molecule has 16 nitrogen and oxygen atoms in total. The Balaban J connectivity index is 0.000000172. The number of carbonyl (C=O) groups is 4. The van der Waals surface area contributed by atoms with Gasteiger partial charge in [0.05, 0.1) is 23.6 Å². The quantitative estimate of drug-likeness (QED) is 0.202. The lowest BCUT2D eigenvalue weighted by atomic mass is 10.1. The normalized spacial score (nSPS) is 20.0. The van der Waals surface area contributed by atoms with Crippen LogP contribution >= 0.6 is 0 Å². The number of aromatic nitrogens is 2. The number of benzene rings is 2. The van der Waals surface area contributed by atoms with Gasteiger partial charge < -0.3 is 30.7 Å². The third-order valence-electron chi connectivity index (χ3n) is 9.92. The zero-order valence-electron chi connectivity index (χ0n) is 30.8. The van der Waals surface area contributed by atoms with Crippen molar-refractivity contribution in [2.75, 3.05) is 36.9 Å². The van der Waals surface area contributed by atoms with Gasteiger partial charge in [-0.05, 0) is 112 Å². The Morgan fingerprint density at radius 1 is 0.679 bits per heavy atom. The van der Waals surface area contributed by atoms with Gasteiger partial charge in [0.15, 0.2) is 0 Å². The second-order valence-electron chi connectivity index (χ2n) is 14.1. The van der Waals surface area contributed by atoms with Gasteiger partial charge in [-0.1, -0.05) is 0 Å². The highest BCUT2D eigenvalue weighted by Gasteiger charge is 2.33. The second-order valence-corrected chi connectivity index (χ2v) is 17.7. The summed E-state index contributed by atoms with van der Waals surface area (Å²) in [5, 5.41) is 10.8. The summed E-state index contributed by atoms with van der Waals surface area (Å²) in [6.45, 7) is 5.90. The molecule has 4 aliphatic heterocycles. The average molecular weight is 807 g/mol. The lowest BCUT2D eigenvalue weighted by Crippen LogP contribution is -2.27. The highest BCUT2D eigenvalue weighted by atomic mass is 32.2. The highest BCUT2D eigenvalue weighted by molar-refractivity contribution is 7.90. The molecule has 0 saturated carbocycles. The van der Waals surface area contributed by atoms with E-state index in [1.807, 2.05) is 0 Å². The zero-order chi connectivity index (χ0) is 39.8. The number of anilines is 2. The Labute approximate surface area is 324 Å².